The molecule has 0 bridgehead atoms. The average Bonchev–Trinajstić information content (AvgIpc) is 3.11. The van der Waals surface area contributed by atoms with Crippen molar-refractivity contribution in [1.82, 2.24) is 14.8 Å². The smallest absolute Gasteiger partial charge is 0.338 e. The lowest BCUT2D eigenvalue weighted by atomic mass is 9.73. The van der Waals surface area contributed by atoms with E-state index in [4.69, 9.17) is 21.4 Å². The van der Waals surface area contributed by atoms with Gasteiger partial charge in [-0.15, -0.1) is 5.10 Å². The summed E-state index contributed by atoms with van der Waals surface area (Å²) in [5.74, 6) is -0.480. The number of aromatic nitrogens is 3. The molecular formula is C18H23ClFN3O3. The van der Waals surface area contributed by atoms with Crippen LogP contribution in [0.1, 0.15) is 44.0 Å². The third kappa shape index (κ3) is 4.15. The fourth-order valence-corrected chi connectivity index (χ4v) is 3.13. The van der Waals surface area contributed by atoms with E-state index in [0.717, 1.165) is 12.8 Å². The molecule has 6 nitrogen and oxygen atoms in total. The molecule has 0 fully saturated rings. The van der Waals surface area contributed by atoms with Crippen LogP contribution in [0, 0.1) is 11.3 Å². The van der Waals surface area contributed by atoms with Crippen molar-refractivity contribution in [2.75, 3.05) is 13.3 Å². The lowest BCUT2D eigenvalue weighted by Crippen LogP contribution is -2.35. The van der Waals surface area contributed by atoms with E-state index in [9.17, 15) is 9.18 Å². The van der Waals surface area contributed by atoms with E-state index >= 15 is 0 Å². The van der Waals surface area contributed by atoms with Gasteiger partial charge in [-0.1, -0.05) is 32.4 Å². The van der Waals surface area contributed by atoms with E-state index in [2.05, 4.69) is 10.1 Å². The number of alkyl halides is 1. The summed E-state index contributed by atoms with van der Waals surface area (Å²) in [4.78, 5) is 15.0. The Kier molecular flexibility index (Phi) is 6.58. The number of nitrogens with zero attached hydrogens (tertiary/aromatic N) is 3. The van der Waals surface area contributed by atoms with Crippen LogP contribution in [0.2, 0.25) is 5.15 Å². The Bertz CT molecular complexity index is 762. The second-order valence-electron chi connectivity index (χ2n) is 6.33. The Morgan fingerprint density at radius 2 is 2.08 bits per heavy atom. The summed E-state index contributed by atoms with van der Waals surface area (Å²) in [6.45, 7) is 5.94. The standard InChI is InChI=1S/C18H23ClFN3O3/c1-4-18(5-2,12(3)10-20)11-26-15-8-9-23(22-15)14-7-6-13(17(24)25)16(19)21-14/h6-9,12H,4-5,10-11H2,1-3H3,(H,24,25). The Morgan fingerprint density at radius 3 is 2.62 bits per heavy atom. The fraction of sp³-hybridized carbons (Fsp3) is 0.500. The Labute approximate surface area is 157 Å². The van der Waals surface area contributed by atoms with E-state index in [-0.39, 0.29) is 22.0 Å². The van der Waals surface area contributed by atoms with Crippen molar-refractivity contribution in [3.05, 3.63) is 35.1 Å². The normalized spacial score (nSPS) is 12.8. The minimum absolute atomic E-state index is 0.0741. The first-order valence-corrected chi connectivity index (χ1v) is 8.89. The number of halogens is 2. The van der Waals surface area contributed by atoms with E-state index < -0.39 is 12.6 Å². The van der Waals surface area contributed by atoms with Crippen LogP contribution in [0.3, 0.4) is 0 Å². The number of carboxylic acid groups (broad SMARTS) is 1. The molecule has 0 spiro atoms. The van der Waals surface area contributed by atoms with Crippen molar-refractivity contribution in [2.45, 2.75) is 33.6 Å². The van der Waals surface area contributed by atoms with Gasteiger partial charge in [-0.2, -0.15) is 0 Å². The third-order valence-corrected chi connectivity index (χ3v) is 5.34. The second kappa shape index (κ2) is 8.49. The van der Waals surface area contributed by atoms with E-state index in [1.165, 1.54) is 16.8 Å². The number of carbonyl (C=O) groups is 1. The highest BCUT2D eigenvalue weighted by Gasteiger charge is 2.34. The van der Waals surface area contributed by atoms with Gasteiger partial charge in [-0.05, 0) is 30.9 Å². The van der Waals surface area contributed by atoms with Crippen LogP contribution >= 0.6 is 11.6 Å². The first-order valence-electron chi connectivity index (χ1n) is 8.51. The topological polar surface area (TPSA) is 77.2 Å². The molecule has 8 heteroatoms. The molecule has 2 rings (SSSR count). The zero-order valence-electron chi connectivity index (χ0n) is 15.1. The zero-order chi connectivity index (χ0) is 19.3. The molecule has 0 amide bonds. The Hall–Kier alpha value is -2.15. The fourth-order valence-electron chi connectivity index (χ4n) is 2.90. The average molecular weight is 384 g/mol. The summed E-state index contributed by atoms with van der Waals surface area (Å²) >= 11 is 5.89. The molecule has 2 aromatic rings. The SMILES string of the molecule is CCC(CC)(COc1ccn(-c2ccc(C(=O)O)c(Cl)n2)n1)C(C)CF. The summed E-state index contributed by atoms with van der Waals surface area (Å²) in [5, 5.41) is 13.2. The number of carboxylic acids is 1. The van der Waals surface area contributed by atoms with Crippen molar-refractivity contribution < 1.29 is 19.0 Å². The maximum absolute atomic E-state index is 13.2. The third-order valence-electron chi connectivity index (χ3n) is 5.06. The minimum atomic E-state index is -1.14. The molecule has 1 N–H and O–H groups in total. The lowest BCUT2D eigenvalue weighted by molar-refractivity contribution is 0.0570. The maximum Gasteiger partial charge on any atom is 0.338 e. The number of ether oxygens (including phenoxy) is 1. The van der Waals surface area contributed by atoms with Crippen LogP contribution < -0.4 is 4.74 Å². The van der Waals surface area contributed by atoms with Crippen LogP contribution in [-0.4, -0.2) is 39.1 Å². The van der Waals surface area contributed by atoms with Gasteiger partial charge in [0.1, 0.15) is 5.15 Å². The molecule has 2 aromatic heterocycles. The van der Waals surface area contributed by atoms with Gasteiger partial charge in [0.15, 0.2) is 5.82 Å². The predicted molar refractivity (Wildman–Crippen MR) is 97.0 cm³/mol. The van der Waals surface area contributed by atoms with Gasteiger partial charge in [0, 0.05) is 17.7 Å². The van der Waals surface area contributed by atoms with Gasteiger partial charge >= 0.3 is 5.97 Å². The molecule has 1 unspecified atom stereocenters. The molecule has 0 aliphatic heterocycles. The highest BCUT2D eigenvalue weighted by Crippen LogP contribution is 2.36. The van der Waals surface area contributed by atoms with Gasteiger partial charge in [-0.25, -0.2) is 14.5 Å². The number of hydrogen-bond acceptors (Lipinski definition) is 4. The molecule has 0 aliphatic rings. The van der Waals surface area contributed by atoms with Crippen molar-refractivity contribution in [3.8, 4) is 11.7 Å². The number of rotatable bonds is 9. The highest BCUT2D eigenvalue weighted by atomic mass is 35.5. The molecule has 142 valence electrons. The van der Waals surface area contributed by atoms with E-state index in [1.54, 1.807) is 12.3 Å². The minimum Gasteiger partial charge on any atom is -0.478 e. The van der Waals surface area contributed by atoms with Crippen molar-refractivity contribution in [2.24, 2.45) is 11.3 Å². The molecule has 0 aliphatic carbocycles. The summed E-state index contributed by atoms with van der Waals surface area (Å²) in [6.07, 6.45) is 3.26. The van der Waals surface area contributed by atoms with Gasteiger partial charge in [0.2, 0.25) is 5.88 Å². The largest absolute Gasteiger partial charge is 0.478 e. The number of aromatic carboxylic acids is 1. The Morgan fingerprint density at radius 1 is 1.38 bits per heavy atom. The maximum atomic E-state index is 13.2. The van der Waals surface area contributed by atoms with Crippen molar-refractivity contribution >= 4 is 17.6 Å². The molecule has 1 atom stereocenters. The van der Waals surface area contributed by atoms with E-state index in [1.807, 2.05) is 20.8 Å². The Balaban J connectivity index is 2.15. The van der Waals surface area contributed by atoms with Gasteiger partial charge < -0.3 is 9.84 Å². The van der Waals surface area contributed by atoms with Crippen LogP contribution in [0.25, 0.3) is 5.82 Å². The number of hydrogen-bond donors (Lipinski definition) is 1. The molecule has 2 heterocycles. The van der Waals surface area contributed by atoms with Gasteiger partial charge in [0.05, 0.1) is 18.8 Å². The van der Waals surface area contributed by atoms with Crippen LogP contribution in [0.15, 0.2) is 24.4 Å². The highest BCUT2D eigenvalue weighted by molar-refractivity contribution is 6.32. The zero-order valence-corrected chi connectivity index (χ0v) is 15.8. The monoisotopic (exact) mass is 383 g/mol. The van der Waals surface area contributed by atoms with Crippen LogP contribution in [0.4, 0.5) is 4.39 Å². The predicted octanol–water partition coefficient (Wildman–Crippen LogP) is 4.41. The van der Waals surface area contributed by atoms with Crippen LogP contribution in [0.5, 0.6) is 5.88 Å². The van der Waals surface area contributed by atoms with Gasteiger partial charge in [0.25, 0.3) is 0 Å². The first-order chi connectivity index (χ1) is 12.4. The first kappa shape index (κ1) is 20.2. The molecule has 0 saturated carbocycles. The molecule has 0 saturated heterocycles. The molecular weight excluding hydrogens is 361 g/mol. The lowest BCUT2D eigenvalue weighted by Gasteiger charge is -2.35. The molecule has 0 radical (unpaired) electrons. The molecule has 26 heavy (non-hydrogen) atoms. The summed E-state index contributed by atoms with van der Waals surface area (Å²) in [6, 6.07) is 4.56. The van der Waals surface area contributed by atoms with Crippen molar-refractivity contribution in [1.29, 1.82) is 0 Å². The van der Waals surface area contributed by atoms with Crippen molar-refractivity contribution in [3.63, 3.8) is 0 Å². The van der Waals surface area contributed by atoms with E-state index in [0.29, 0.717) is 18.3 Å². The number of pyridine rings is 1. The molecule has 0 aromatic carbocycles. The second-order valence-corrected chi connectivity index (χ2v) is 6.68. The van der Waals surface area contributed by atoms with Gasteiger partial charge in [-0.3, -0.25) is 4.39 Å². The van der Waals surface area contributed by atoms with Crippen LogP contribution in [-0.2, 0) is 0 Å². The summed E-state index contributed by atoms with van der Waals surface area (Å²) in [5.41, 5.74) is -0.321. The summed E-state index contributed by atoms with van der Waals surface area (Å²) < 4.78 is 20.5. The summed E-state index contributed by atoms with van der Waals surface area (Å²) in [7, 11) is 0. The quantitative estimate of drug-likeness (QED) is 0.649.